The van der Waals surface area contributed by atoms with Crippen LogP contribution in [0.15, 0.2) is 48.5 Å². The summed E-state index contributed by atoms with van der Waals surface area (Å²) in [6, 6.07) is 15.9. The van der Waals surface area contributed by atoms with Gasteiger partial charge in [0.1, 0.15) is 5.75 Å². The maximum absolute atomic E-state index is 5.85. The van der Waals surface area contributed by atoms with Crippen LogP contribution in [0.2, 0.25) is 5.02 Å². The molecule has 2 rings (SSSR count). The second-order valence-corrected chi connectivity index (χ2v) is 4.79. The summed E-state index contributed by atoms with van der Waals surface area (Å²) >= 11 is 5.85. The zero-order valence-electron chi connectivity index (χ0n) is 11.0. The van der Waals surface area contributed by atoms with Gasteiger partial charge in [0.15, 0.2) is 0 Å². The molecular weight excluding hydrogens is 258 g/mol. The highest BCUT2D eigenvalue weighted by Gasteiger charge is 1.97. The fraction of sp³-hybridized carbons (Fsp3) is 0.250. The van der Waals surface area contributed by atoms with E-state index in [0.29, 0.717) is 0 Å². The molecule has 0 spiro atoms. The number of rotatable bonds is 6. The molecule has 0 aliphatic carbocycles. The minimum absolute atomic E-state index is 0.750. The van der Waals surface area contributed by atoms with E-state index < -0.39 is 0 Å². The number of hydrogen-bond donors (Lipinski definition) is 1. The summed E-state index contributed by atoms with van der Waals surface area (Å²) in [6.07, 6.45) is 1.02. The van der Waals surface area contributed by atoms with Gasteiger partial charge in [-0.05, 0) is 48.4 Å². The van der Waals surface area contributed by atoms with Crippen molar-refractivity contribution in [2.75, 3.05) is 11.9 Å². The van der Waals surface area contributed by atoms with E-state index in [1.54, 1.807) is 0 Å². The highest BCUT2D eigenvalue weighted by Crippen LogP contribution is 2.17. The number of nitrogens with one attached hydrogen (secondary N) is 1. The maximum Gasteiger partial charge on any atom is 0.119 e. The molecule has 0 bridgehead atoms. The van der Waals surface area contributed by atoms with E-state index >= 15 is 0 Å². The molecule has 0 heterocycles. The predicted octanol–water partition coefficient (Wildman–Crippen LogP) is 4.74. The Balaban J connectivity index is 1.93. The molecule has 0 fully saturated rings. The van der Waals surface area contributed by atoms with Crippen molar-refractivity contribution in [1.82, 2.24) is 0 Å². The van der Waals surface area contributed by atoms with Crippen LogP contribution in [-0.2, 0) is 6.54 Å². The number of halogens is 1. The lowest BCUT2D eigenvalue weighted by Crippen LogP contribution is -2.00. The number of ether oxygens (including phenoxy) is 1. The van der Waals surface area contributed by atoms with Crippen molar-refractivity contribution in [1.29, 1.82) is 0 Å². The Labute approximate surface area is 119 Å². The first-order valence-corrected chi connectivity index (χ1v) is 6.87. The molecule has 0 aromatic heterocycles. The zero-order chi connectivity index (χ0) is 13.5. The second kappa shape index (κ2) is 7.05. The molecular formula is C16H18ClNO. The summed E-state index contributed by atoms with van der Waals surface area (Å²) in [5.74, 6) is 0.928. The van der Waals surface area contributed by atoms with Gasteiger partial charge >= 0.3 is 0 Å². The van der Waals surface area contributed by atoms with Gasteiger partial charge in [-0.25, -0.2) is 0 Å². The van der Waals surface area contributed by atoms with Gasteiger partial charge in [-0.3, -0.25) is 0 Å². The molecule has 2 nitrogen and oxygen atoms in total. The van der Waals surface area contributed by atoms with E-state index in [2.05, 4.69) is 24.4 Å². The SMILES string of the molecule is CCCOc1cccc(CNc2ccc(Cl)cc2)c1. The largest absolute Gasteiger partial charge is 0.494 e. The Morgan fingerprint density at radius 2 is 1.89 bits per heavy atom. The lowest BCUT2D eigenvalue weighted by atomic mass is 10.2. The topological polar surface area (TPSA) is 21.3 Å². The third-order valence-corrected chi connectivity index (χ3v) is 2.96. The van der Waals surface area contributed by atoms with Gasteiger partial charge < -0.3 is 10.1 Å². The van der Waals surface area contributed by atoms with Gasteiger partial charge in [0.25, 0.3) is 0 Å². The summed E-state index contributed by atoms with van der Waals surface area (Å²) in [5, 5.41) is 4.11. The minimum Gasteiger partial charge on any atom is -0.494 e. The normalized spacial score (nSPS) is 10.2. The smallest absolute Gasteiger partial charge is 0.119 e. The molecule has 3 heteroatoms. The average molecular weight is 276 g/mol. The Bertz CT molecular complexity index is 510. The van der Waals surface area contributed by atoms with Crippen LogP contribution in [0.25, 0.3) is 0 Å². The fourth-order valence-corrected chi connectivity index (χ4v) is 1.86. The van der Waals surface area contributed by atoms with E-state index in [4.69, 9.17) is 16.3 Å². The van der Waals surface area contributed by atoms with E-state index in [-0.39, 0.29) is 0 Å². The number of benzene rings is 2. The Kier molecular flexibility index (Phi) is 5.10. The van der Waals surface area contributed by atoms with E-state index in [1.165, 1.54) is 5.56 Å². The molecule has 0 aliphatic heterocycles. The van der Waals surface area contributed by atoms with Crippen molar-refractivity contribution in [3.63, 3.8) is 0 Å². The van der Waals surface area contributed by atoms with Crippen molar-refractivity contribution < 1.29 is 4.74 Å². The molecule has 0 atom stereocenters. The first kappa shape index (κ1) is 13.8. The van der Waals surface area contributed by atoms with E-state index in [0.717, 1.165) is 36.0 Å². The van der Waals surface area contributed by atoms with Crippen molar-refractivity contribution in [2.24, 2.45) is 0 Å². The monoisotopic (exact) mass is 275 g/mol. The Morgan fingerprint density at radius 3 is 2.63 bits per heavy atom. The van der Waals surface area contributed by atoms with Crippen LogP contribution in [0.4, 0.5) is 5.69 Å². The highest BCUT2D eigenvalue weighted by atomic mass is 35.5. The molecule has 100 valence electrons. The van der Waals surface area contributed by atoms with Gasteiger partial charge in [-0.2, -0.15) is 0 Å². The van der Waals surface area contributed by atoms with Gasteiger partial charge in [-0.1, -0.05) is 30.7 Å². The Hall–Kier alpha value is -1.67. The molecule has 0 saturated heterocycles. The van der Waals surface area contributed by atoms with Gasteiger partial charge in [0.2, 0.25) is 0 Å². The number of anilines is 1. The maximum atomic E-state index is 5.85. The minimum atomic E-state index is 0.750. The van der Waals surface area contributed by atoms with Crippen molar-refractivity contribution >= 4 is 17.3 Å². The first-order chi connectivity index (χ1) is 9.28. The summed E-state index contributed by atoms with van der Waals surface area (Å²) in [4.78, 5) is 0. The lowest BCUT2D eigenvalue weighted by Gasteiger charge is -2.09. The first-order valence-electron chi connectivity index (χ1n) is 6.49. The van der Waals surface area contributed by atoms with Crippen molar-refractivity contribution in [3.8, 4) is 5.75 Å². The molecule has 2 aromatic carbocycles. The molecule has 0 aliphatic rings. The van der Waals surface area contributed by atoms with Crippen molar-refractivity contribution in [3.05, 3.63) is 59.1 Å². The van der Waals surface area contributed by atoms with Gasteiger partial charge in [-0.15, -0.1) is 0 Å². The quantitative estimate of drug-likeness (QED) is 0.822. The van der Waals surface area contributed by atoms with Crippen LogP contribution in [0.3, 0.4) is 0 Å². The average Bonchev–Trinajstić information content (AvgIpc) is 2.45. The molecule has 0 saturated carbocycles. The summed E-state index contributed by atoms with van der Waals surface area (Å²) in [6.45, 7) is 3.63. The second-order valence-electron chi connectivity index (χ2n) is 4.36. The molecule has 0 radical (unpaired) electrons. The lowest BCUT2D eigenvalue weighted by molar-refractivity contribution is 0.317. The van der Waals surface area contributed by atoms with Gasteiger partial charge in [0.05, 0.1) is 6.61 Å². The van der Waals surface area contributed by atoms with E-state index in [1.807, 2.05) is 36.4 Å². The standard InChI is InChI=1S/C16H18ClNO/c1-2-10-19-16-5-3-4-13(11-16)12-18-15-8-6-14(17)7-9-15/h3-9,11,18H,2,10,12H2,1H3. The molecule has 2 aromatic rings. The predicted molar refractivity (Wildman–Crippen MR) is 81.0 cm³/mol. The van der Waals surface area contributed by atoms with Gasteiger partial charge in [0, 0.05) is 17.3 Å². The summed E-state index contributed by atoms with van der Waals surface area (Å²) in [5.41, 5.74) is 2.26. The molecule has 19 heavy (non-hydrogen) atoms. The third-order valence-electron chi connectivity index (χ3n) is 2.71. The van der Waals surface area contributed by atoms with Crippen LogP contribution < -0.4 is 10.1 Å². The number of hydrogen-bond acceptors (Lipinski definition) is 2. The van der Waals surface area contributed by atoms with Crippen molar-refractivity contribution in [2.45, 2.75) is 19.9 Å². The molecule has 0 amide bonds. The van der Waals surface area contributed by atoms with E-state index in [9.17, 15) is 0 Å². The van der Waals surface area contributed by atoms with Crippen LogP contribution in [-0.4, -0.2) is 6.61 Å². The highest BCUT2D eigenvalue weighted by molar-refractivity contribution is 6.30. The Morgan fingerprint density at radius 1 is 1.11 bits per heavy atom. The summed E-state index contributed by atoms with van der Waals surface area (Å²) in [7, 11) is 0. The van der Waals surface area contributed by atoms with Crippen LogP contribution >= 0.6 is 11.6 Å². The van der Waals surface area contributed by atoms with Crippen LogP contribution in [0.1, 0.15) is 18.9 Å². The molecule has 0 unspecified atom stereocenters. The molecule has 1 N–H and O–H groups in total. The zero-order valence-corrected chi connectivity index (χ0v) is 11.8. The third kappa shape index (κ3) is 4.49. The van der Waals surface area contributed by atoms with Crippen LogP contribution in [0, 0.1) is 0 Å². The van der Waals surface area contributed by atoms with Crippen LogP contribution in [0.5, 0.6) is 5.75 Å². The summed E-state index contributed by atoms with van der Waals surface area (Å²) < 4.78 is 5.62. The fourth-order valence-electron chi connectivity index (χ4n) is 1.74.